The number of hydrogen-bond donors (Lipinski definition) is 2. The number of ether oxygens (including phenoxy) is 1. The molecule has 1 saturated heterocycles. The second kappa shape index (κ2) is 10.6. The van der Waals surface area contributed by atoms with Crippen molar-refractivity contribution in [1.29, 1.82) is 0 Å². The molecular weight excluding hydrogens is 411 g/mol. The quantitative estimate of drug-likeness (QED) is 0.726. The Morgan fingerprint density at radius 3 is 2.82 bits per heavy atom. The summed E-state index contributed by atoms with van der Waals surface area (Å²) in [6, 6.07) is 13.7. The van der Waals surface area contributed by atoms with Gasteiger partial charge < -0.3 is 15.4 Å². The van der Waals surface area contributed by atoms with Gasteiger partial charge in [-0.3, -0.25) is 9.69 Å². The number of benzene rings is 2. The number of hydrogen-bond acceptors (Lipinski definition) is 4. The Morgan fingerprint density at radius 1 is 1.29 bits per heavy atom. The second-order valence-electron chi connectivity index (χ2n) is 6.17. The summed E-state index contributed by atoms with van der Waals surface area (Å²) in [7, 11) is 0. The van der Waals surface area contributed by atoms with E-state index in [1.54, 1.807) is 18.2 Å². The third-order valence-electron chi connectivity index (χ3n) is 4.31. The highest BCUT2D eigenvalue weighted by Crippen LogP contribution is 2.27. The highest BCUT2D eigenvalue weighted by molar-refractivity contribution is 6.30. The number of para-hydroxylation sites is 2. The van der Waals surface area contributed by atoms with E-state index in [0.29, 0.717) is 18.1 Å². The van der Waals surface area contributed by atoms with Crippen molar-refractivity contribution in [3.8, 4) is 5.75 Å². The van der Waals surface area contributed by atoms with E-state index in [0.717, 1.165) is 12.1 Å². The van der Waals surface area contributed by atoms with Crippen molar-refractivity contribution in [3.63, 3.8) is 0 Å². The largest absolute Gasteiger partial charge is 0.433 e. The molecule has 1 aliphatic rings. The Labute approximate surface area is 173 Å². The highest BCUT2D eigenvalue weighted by atomic mass is 35.5. The van der Waals surface area contributed by atoms with Crippen LogP contribution in [0.5, 0.6) is 5.75 Å². The number of carbonyl (C=O) groups excluding carboxylic acids is 1. The van der Waals surface area contributed by atoms with E-state index in [9.17, 15) is 13.6 Å². The summed E-state index contributed by atoms with van der Waals surface area (Å²) in [5.41, 5.74) is 1.24. The third kappa shape index (κ3) is 6.04. The normalized spacial score (nSPS) is 17.1. The summed E-state index contributed by atoms with van der Waals surface area (Å²) >= 11 is 6.09. The minimum atomic E-state index is -2.96. The molecule has 0 bridgehead atoms. The first-order chi connectivity index (χ1) is 13.0. The number of anilines is 1. The zero-order valence-corrected chi connectivity index (χ0v) is 16.5. The average molecular weight is 432 g/mol. The Balaban J connectivity index is 0.00000280. The lowest BCUT2D eigenvalue weighted by atomic mass is 10.0. The number of nitrogens with one attached hydrogen (secondary N) is 2. The zero-order valence-electron chi connectivity index (χ0n) is 14.9. The second-order valence-corrected chi connectivity index (χ2v) is 6.60. The molecule has 0 aromatic heterocycles. The van der Waals surface area contributed by atoms with Crippen molar-refractivity contribution in [2.45, 2.75) is 12.7 Å². The molecule has 0 radical (unpaired) electrons. The van der Waals surface area contributed by atoms with Crippen LogP contribution in [-0.4, -0.2) is 43.6 Å². The summed E-state index contributed by atoms with van der Waals surface area (Å²) in [4.78, 5) is 14.6. The minimum absolute atomic E-state index is 0. The first-order valence-corrected chi connectivity index (χ1v) is 8.94. The van der Waals surface area contributed by atoms with Crippen LogP contribution in [0.25, 0.3) is 0 Å². The van der Waals surface area contributed by atoms with Gasteiger partial charge in [-0.2, -0.15) is 8.78 Å². The van der Waals surface area contributed by atoms with Crippen LogP contribution < -0.4 is 15.4 Å². The van der Waals surface area contributed by atoms with Gasteiger partial charge in [0, 0.05) is 30.7 Å². The molecule has 1 fully saturated rings. The molecule has 0 aliphatic carbocycles. The van der Waals surface area contributed by atoms with E-state index in [1.807, 2.05) is 23.1 Å². The van der Waals surface area contributed by atoms with Gasteiger partial charge >= 0.3 is 6.61 Å². The van der Waals surface area contributed by atoms with Gasteiger partial charge in [0.15, 0.2) is 0 Å². The molecular formula is C19H21Cl2F2N3O2. The number of carbonyl (C=O) groups is 1. The fourth-order valence-corrected chi connectivity index (χ4v) is 3.32. The van der Waals surface area contributed by atoms with Crippen molar-refractivity contribution in [3.05, 3.63) is 59.1 Å². The topological polar surface area (TPSA) is 53.6 Å². The molecule has 1 unspecified atom stereocenters. The monoisotopic (exact) mass is 431 g/mol. The van der Waals surface area contributed by atoms with Crippen LogP contribution in [0.1, 0.15) is 11.6 Å². The molecule has 5 nitrogen and oxygen atoms in total. The van der Waals surface area contributed by atoms with Crippen molar-refractivity contribution >= 4 is 35.6 Å². The summed E-state index contributed by atoms with van der Waals surface area (Å²) in [5.74, 6) is -0.359. The van der Waals surface area contributed by atoms with Crippen LogP contribution in [0.15, 0.2) is 48.5 Å². The van der Waals surface area contributed by atoms with Gasteiger partial charge in [0.25, 0.3) is 0 Å². The maximum atomic E-state index is 12.5. The average Bonchev–Trinajstić information content (AvgIpc) is 2.63. The molecule has 2 aromatic carbocycles. The number of amides is 1. The summed E-state index contributed by atoms with van der Waals surface area (Å²) in [6.45, 7) is -0.695. The first kappa shape index (κ1) is 22.4. The van der Waals surface area contributed by atoms with Crippen LogP contribution in [0.3, 0.4) is 0 Å². The highest BCUT2D eigenvalue weighted by Gasteiger charge is 2.26. The molecule has 9 heteroatoms. The Bertz CT molecular complexity index is 795. The number of alkyl halides is 2. The lowest BCUT2D eigenvalue weighted by Crippen LogP contribution is -2.48. The number of halogens is 4. The van der Waals surface area contributed by atoms with Crippen molar-refractivity contribution in [1.82, 2.24) is 10.2 Å². The van der Waals surface area contributed by atoms with Crippen LogP contribution in [0.2, 0.25) is 5.02 Å². The minimum Gasteiger partial charge on any atom is -0.433 e. The smallest absolute Gasteiger partial charge is 0.387 e. The molecule has 0 spiro atoms. The van der Waals surface area contributed by atoms with Gasteiger partial charge in [-0.15, -0.1) is 12.4 Å². The van der Waals surface area contributed by atoms with Crippen molar-refractivity contribution in [2.24, 2.45) is 0 Å². The number of nitrogens with zero attached hydrogens (tertiary/aromatic N) is 1. The summed E-state index contributed by atoms with van der Waals surface area (Å²) in [6.07, 6.45) is 0. The van der Waals surface area contributed by atoms with Gasteiger partial charge in [-0.1, -0.05) is 35.9 Å². The third-order valence-corrected chi connectivity index (χ3v) is 4.55. The molecule has 0 saturated carbocycles. The van der Waals surface area contributed by atoms with Gasteiger partial charge in [0.2, 0.25) is 5.91 Å². The SMILES string of the molecule is Cl.O=C(CN1CCNCC1c1cccc(Cl)c1)Nc1ccccc1OC(F)F. The van der Waals surface area contributed by atoms with Crippen molar-refractivity contribution < 1.29 is 18.3 Å². The van der Waals surface area contributed by atoms with Gasteiger partial charge in [0.1, 0.15) is 5.75 Å². The zero-order chi connectivity index (χ0) is 19.2. The fraction of sp³-hybridized carbons (Fsp3) is 0.316. The van der Waals surface area contributed by atoms with E-state index in [4.69, 9.17) is 11.6 Å². The predicted octanol–water partition coefficient (Wildman–Crippen LogP) is 3.95. The molecule has 1 amide bonds. The lowest BCUT2D eigenvalue weighted by Gasteiger charge is -2.36. The van der Waals surface area contributed by atoms with Crippen LogP contribution in [0, 0.1) is 0 Å². The van der Waals surface area contributed by atoms with E-state index in [2.05, 4.69) is 15.4 Å². The molecule has 3 rings (SSSR count). The maximum absolute atomic E-state index is 12.5. The maximum Gasteiger partial charge on any atom is 0.387 e. The van der Waals surface area contributed by atoms with Crippen LogP contribution in [-0.2, 0) is 4.79 Å². The summed E-state index contributed by atoms with van der Waals surface area (Å²) in [5, 5.41) is 6.62. The molecule has 1 atom stereocenters. The number of piperazine rings is 1. The Kier molecular flexibility index (Phi) is 8.44. The Hall–Kier alpha value is -1.93. The molecule has 1 heterocycles. The molecule has 2 N–H and O–H groups in total. The standard InChI is InChI=1S/C19H20ClF2N3O2.ClH/c20-14-5-3-4-13(10-14)16-11-23-8-9-25(16)12-18(26)24-15-6-1-2-7-17(15)27-19(21)22;/h1-7,10,16,19,23H,8-9,11-12H2,(H,24,26);1H. The number of rotatable bonds is 6. The van der Waals surface area contributed by atoms with Gasteiger partial charge in [0.05, 0.1) is 12.2 Å². The van der Waals surface area contributed by atoms with E-state index in [-0.39, 0.29) is 42.3 Å². The van der Waals surface area contributed by atoms with Gasteiger partial charge in [-0.25, -0.2) is 0 Å². The fourth-order valence-electron chi connectivity index (χ4n) is 3.12. The summed E-state index contributed by atoms with van der Waals surface area (Å²) < 4.78 is 29.5. The van der Waals surface area contributed by atoms with Crippen LogP contribution >= 0.6 is 24.0 Å². The van der Waals surface area contributed by atoms with E-state index < -0.39 is 6.61 Å². The molecule has 28 heavy (non-hydrogen) atoms. The van der Waals surface area contributed by atoms with Crippen LogP contribution in [0.4, 0.5) is 14.5 Å². The molecule has 2 aromatic rings. The lowest BCUT2D eigenvalue weighted by molar-refractivity contribution is -0.118. The first-order valence-electron chi connectivity index (χ1n) is 8.57. The Morgan fingerprint density at radius 2 is 2.07 bits per heavy atom. The molecule has 152 valence electrons. The van der Waals surface area contributed by atoms with Gasteiger partial charge in [-0.05, 0) is 29.8 Å². The predicted molar refractivity (Wildman–Crippen MR) is 108 cm³/mol. The van der Waals surface area contributed by atoms with E-state index in [1.165, 1.54) is 12.1 Å². The van der Waals surface area contributed by atoms with Crippen molar-refractivity contribution in [2.75, 3.05) is 31.5 Å². The van der Waals surface area contributed by atoms with E-state index >= 15 is 0 Å². The molecule has 1 aliphatic heterocycles.